The molecule has 276 valence electrons. The molecule has 47 heavy (non-hydrogen) atoms. The summed E-state index contributed by atoms with van der Waals surface area (Å²) in [5.74, 6) is -0.517. The van der Waals surface area contributed by atoms with Gasteiger partial charge >= 0.3 is 0 Å². The van der Waals surface area contributed by atoms with Crippen molar-refractivity contribution in [2.24, 2.45) is 0 Å². The second-order valence-corrected chi connectivity index (χ2v) is 13.8. The number of rotatable bonds is 36. The van der Waals surface area contributed by atoms with E-state index in [1.54, 1.807) is 6.08 Å². The molecule has 3 unspecified atom stereocenters. The number of carbonyl (C=O) groups is 1. The first kappa shape index (κ1) is 45.6. The lowest BCUT2D eigenvalue weighted by atomic mass is 10.0. The number of amides is 1. The molecule has 0 spiro atoms. The third kappa shape index (κ3) is 32.9. The highest BCUT2D eigenvalue weighted by atomic mass is 16.3. The van der Waals surface area contributed by atoms with Gasteiger partial charge in [0.1, 0.15) is 6.10 Å². The van der Waals surface area contributed by atoms with E-state index >= 15 is 0 Å². The van der Waals surface area contributed by atoms with Crippen molar-refractivity contribution in [1.82, 2.24) is 5.32 Å². The SMILES string of the molecule is CCCCCCCCCCC/C=C/CC/C=C/CC/C=C/C(O)C(CO)NC(=O)C(O)CCCCCCCCCCCCCCCC. The molecular weight excluding hydrogens is 582 g/mol. The molecule has 0 aromatic carbocycles. The van der Waals surface area contributed by atoms with Crippen LogP contribution in [0.2, 0.25) is 0 Å². The summed E-state index contributed by atoms with van der Waals surface area (Å²) >= 11 is 0. The molecule has 3 atom stereocenters. The maximum atomic E-state index is 12.4. The van der Waals surface area contributed by atoms with Crippen LogP contribution in [0.4, 0.5) is 0 Å². The van der Waals surface area contributed by atoms with Crippen molar-refractivity contribution < 1.29 is 20.1 Å². The molecular formula is C42H79NO4. The molecule has 0 bridgehead atoms. The second kappa shape index (κ2) is 37.4. The lowest BCUT2D eigenvalue weighted by Gasteiger charge is -2.21. The minimum atomic E-state index is -1.10. The third-order valence-corrected chi connectivity index (χ3v) is 9.21. The zero-order valence-electron chi connectivity index (χ0n) is 31.2. The second-order valence-electron chi connectivity index (χ2n) is 13.8. The van der Waals surface area contributed by atoms with Crippen LogP contribution in [-0.4, -0.2) is 46.1 Å². The Bertz CT molecular complexity index is 734. The molecule has 0 saturated carbocycles. The number of carbonyl (C=O) groups excluding carboxylic acids is 1. The third-order valence-electron chi connectivity index (χ3n) is 9.21. The van der Waals surface area contributed by atoms with Crippen molar-refractivity contribution in [3.05, 3.63) is 36.5 Å². The Morgan fingerprint density at radius 3 is 1.30 bits per heavy atom. The van der Waals surface area contributed by atoms with Gasteiger partial charge in [0.15, 0.2) is 0 Å². The number of aliphatic hydroxyl groups excluding tert-OH is 3. The standard InChI is InChI=1S/C42H79NO4/c1-3-5-7-9-11-13-15-17-19-20-21-22-23-25-26-28-30-32-34-36-40(45)39(38-44)43-42(47)41(46)37-35-33-31-29-27-24-18-16-14-12-10-8-6-4-2/h21-22,26,28,34,36,39-41,44-46H,3-20,23-25,27,29-33,35,37-38H2,1-2H3,(H,43,47)/b22-21+,28-26+,36-34+. The normalized spacial score (nSPS) is 14.1. The Hall–Kier alpha value is -1.43. The predicted octanol–water partition coefficient (Wildman–Crippen LogP) is 11.2. The van der Waals surface area contributed by atoms with E-state index in [0.717, 1.165) is 44.9 Å². The van der Waals surface area contributed by atoms with Gasteiger partial charge in [-0.15, -0.1) is 0 Å². The minimum Gasteiger partial charge on any atom is -0.394 e. The van der Waals surface area contributed by atoms with Gasteiger partial charge in [-0.1, -0.05) is 192 Å². The van der Waals surface area contributed by atoms with Gasteiger partial charge in [-0.25, -0.2) is 0 Å². The molecule has 5 heteroatoms. The molecule has 0 aliphatic heterocycles. The smallest absolute Gasteiger partial charge is 0.249 e. The fourth-order valence-electron chi connectivity index (χ4n) is 5.98. The lowest BCUT2D eigenvalue weighted by molar-refractivity contribution is -0.131. The van der Waals surface area contributed by atoms with Gasteiger partial charge in [-0.05, 0) is 44.9 Å². The molecule has 1 amide bonds. The van der Waals surface area contributed by atoms with Gasteiger partial charge in [0.25, 0.3) is 0 Å². The van der Waals surface area contributed by atoms with Crippen LogP contribution in [0.3, 0.4) is 0 Å². The van der Waals surface area contributed by atoms with Crippen LogP contribution < -0.4 is 5.32 Å². The Morgan fingerprint density at radius 2 is 0.872 bits per heavy atom. The summed E-state index contributed by atoms with van der Waals surface area (Å²) in [4.78, 5) is 12.4. The number of unbranched alkanes of at least 4 members (excludes halogenated alkanes) is 24. The molecule has 0 heterocycles. The van der Waals surface area contributed by atoms with Gasteiger partial charge in [0.05, 0.1) is 18.8 Å². The molecule has 0 aromatic heterocycles. The van der Waals surface area contributed by atoms with Crippen LogP contribution >= 0.6 is 0 Å². The highest BCUT2D eigenvalue weighted by Gasteiger charge is 2.22. The van der Waals surface area contributed by atoms with E-state index in [4.69, 9.17) is 0 Å². The lowest BCUT2D eigenvalue weighted by Crippen LogP contribution is -2.48. The molecule has 0 rings (SSSR count). The van der Waals surface area contributed by atoms with Crippen LogP contribution in [0, 0.1) is 0 Å². The van der Waals surface area contributed by atoms with Crippen molar-refractivity contribution >= 4 is 5.91 Å². The molecule has 0 aliphatic carbocycles. The minimum absolute atomic E-state index is 0.380. The Labute approximate surface area is 292 Å². The zero-order chi connectivity index (χ0) is 34.5. The monoisotopic (exact) mass is 662 g/mol. The van der Waals surface area contributed by atoms with Crippen LogP contribution in [0.15, 0.2) is 36.5 Å². The number of aliphatic hydroxyl groups is 3. The van der Waals surface area contributed by atoms with E-state index in [9.17, 15) is 20.1 Å². The van der Waals surface area contributed by atoms with E-state index in [1.165, 1.54) is 135 Å². The van der Waals surface area contributed by atoms with E-state index < -0.39 is 24.2 Å². The highest BCUT2D eigenvalue weighted by molar-refractivity contribution is 5.80. The summed E-state index contributed by atoms with van der Waals surface area (Å²) in [6.07, 6.45) is 45.9. The fraction of sp³-hybridized carbons (Fsp3) is 0.833. The molecule has 0 aliphatic rings. The van der Waals surface area contributed by atoms with E-state index in [-0.39, 0.29) is 6.61 Å². The first-order chi connectivity index (χ1) is 23.1. The van der Waals surface area contributed by atoms with Gasteiger partial charge in [-0.3, -0.25) is 4.79 Å². The molecule has 4 N–H and O–H groups in total. The first-order valence-electron chi connectivity index (χ1n) is 20.3. The number of hydrogen-bond donors (Lipinski definition) is 4. The summed E-state index contributed by atoms with van der Waals surface area (Å²) in [6, 6.07) is -0.817. The van der Waals surface area contributed by atoms with E-state index in [2.05, 4.69) is 43.5 Å². The summed E-state index contributed by atoms with van der Waals surface area (Å²) < 4.78 is 0. The van der Waals surface area contributed by atoms with Gasteiger partial charge < -0.3 is 20.6 Å². The van der Waals surface area contributed by atoms with E-state index in [0.29, 0.717) is 6.42 Å². The molecule has 0 radical (unpaired) electrons. The maximum absolute atomic E-state index is 12.4. The van der Waals surface area contributed by atoms with Crippen molar-refractivity contribution in [2.45, 2.75) is 218 Å². The summed E-state index contributed by atoms with van der Waals surface area (Å²) in [7, 11) is 0. The largest absolute Gasteiger partial charge is 0.394 e. The molecule has 0 fully saturated rings. The van der Waals surface area contributed by atoms with Crippen molar-refractivity contribution in [2.75, 3.05) is 6.61 Å². The number of hydrogen-bond acceptors (Lipinski definition) is 4. The predicted molar refractivity (Wildman–Crippen MR) is 204 cm³/mol. The fourth-order valence-corrected chi connectivity index (χ4v) is 5.98. The highest BCUT2D eigenvalue weighted by Crippen LogP contribution is 2.14. The maximum Gasteiger partial charge on any atom is 0.249 e. The summed E-state index contributed by atoms with van der Waals surface area (Å²) in [5, 5.41) is 33.0. The van der Waals surface area contributed by atoms with Gasteiger partial charge in [0, 0.05) is 0 Å². The van der Waals surface area contributed by atoms with Crippen LogP contribution in [-0.2, 0) is 4.79 Å². The van der Waals surface area contributed by atoms with Crippen LogP contribution in [0.1, 0.15) is 200 Å². The molecule has 0 aromatic rings. The number of allylic oxidation sites excluding steroid dienone is 5. The summed E-state index contributed by atoms with van der Waals surface area (Å²) in [6.45, 7) is 4.15. The van der Waals surface area contributed by atoms with Gasteiger partial charge in [0.2, 0.25) is 5.91 Å². The number of nitrogens with one attached hydrogen (secondary N) is 1. The topological polar surface area (TPSA) is 89.8 Å². The van der Waals surface area contributed by atoms with Gasteiger partial charge in [-0.2, -0.15) is 0 Å². The van der Waals surface area contributed by atoms with E-state index in [1.807, 2.05) is 6.08 Å². The summed E-state index contributed by atoms with van der Waals surface area (Å²) in [5.41, 5.74) is 0. The van der Waals surface area contributed by atoms with Crippen molar-refractivity contribution in [1.29, 1.82) is 0 Å². The first-order valence-corrected chi connectivity index (χ1v) is 20.3. The molecule has 5 nitrogen and oxygen atoms in total. The van der Waals surface area contributed by atoms with Crippen LogP contribution in [0.25, 0.3) is 0 Å². The molecule has 0 saturated heterocycles. The van der Waals surface area contributed by atoms with Crippen molar-refractivity contribution in [3.63, 3.8) is 0 Å². The Morgan fingerprint density at radius 1 is 0.511 bits per heavy atom. The quantitative estimate of drug-likeness (QED) is 0.0397. The van der Waals surface area contributed by atoms with Crippen molar-refractivity contribution in [3.8, 4) is 0 Å². The Balaban J connectivity index is 3.78. The average molecular weight is 662 g/mol. The Kier molecular flexibility index (Phi) is 36.3. The zero-order valence-corrected chi connectivity index (χ0v) is 31.2. The average Bonchev–Trinajstić information content (AvgIpc) is 3.07. The van der Waals surface area contributed by atoms with Crippen LogP contribution in [0.5, 0.6) is 0 Å².